The van der Waals surface area contributed by atoms with Crippen LogP contribution in [0.1, 0.15) is 65.7 Å². The lowest BCUT2D eigenvalue weighted by molar-refractivity contribution is -0.171. The number of hydroxylamine groups is 2. The van der Waals surface area contributed by atoms with Crippen molar-refractivity contribution in [3.8, 4) is 0 Å². The van der Waals surface area contributed by atoms with Crippen LogP contribution in [0.3, 0.4) is 0 Å². The zero-order valence-electron chi connectivity index (χ0n) is 16.1. The van der Waals surface area contributed by atoms with Crippen LogP contribution in [0.2, 0.25) is 0 Å². The van der Waals surface area contributed by atoms with Crippen LogP contribution in [-0.4, -0.2) is 48.6 Å². The number of carbonyl (C=O) groups excluding carboxylic acids is 3. The Morgan fingerprint density at radius 3 is 2.28 bits per heavy atom. The molecule has 7 nitrogen and oxygen atoms in total. The maximum atomic E-state index is 12.4. The molecule has 0 radical (unpaired) electrons. The third-order valence-corrected chi connectivity index (χ3v) is 4.31. The van der Waals surface area contributed by atoms with E-state index in [1.807, 2.05) is 0 Å². The number of ketones is 1. The molecule has 144 valence electrons. The van der Waals surface area contributed by atoms with Gasteiger partial charge in [0.1, 0.15) is 17.4 Å². The van der Waals surface area contributed by atoms with Crippen LogP contribution >= 0.6 is 0 Å². The fraction of sp³-hybridized carbons (Fsp3) is 0.833. The summed E-state index contributed by atoms with van der Waals surface area (Å²) in [5.74, 6) is -0.153. The number of Topliss-reactive ketones (excluding diaryl/α,β-unsaturated/α-hetero) is 1. The molecule has 0 heterocycles. The highest BCUT2D eigenvalue weighted by Crippen LogP contribution is 2.26. The first-order valence-electron chi connectivity index (χ1n) is 8.98. The van der Waals surface area contributed by atoms with Crippen LogP contribution < -0.4 is 5.32 Å². The smallest absolute Gasteiger partial charge is 0.408 e. The van der Waals surface area contributed by atoms with Crippen molar-refractivity contribution in [3.05, 3.63) is 0 Å². The summed E-state index contributed by atoms with van der Waals surface area (Å²) >= 11 is 0. The van der Waals surface area contributed by atoms with E-state index in [2.05, 4.69) is 5.32 Å². The van der Waals surface area contributed by atoms with E-state index in [0.29, 0.717) is 0 Å². The Bertz CT molecular complexity index is 467. The maximum Gasteiger partial charge on any atom is 0.408 e. The molecule has 1 aliphatic carbocycles. The fourth-order valence-electron chi connectivity index (χ4n) is 2.93. The molecule has 1 aliphatic rings. The molecule has 0 unspecified atom stereocenters. The molecule has 0 aliphatic heterocycles. The van der Waals surface area contributed by atoms with Gasteiger partial charge in [-0.25, -0.2) is 9.86 Å². The van der Waals surface area contributed by atoms with E-state index < -0.39 is 23.6 Å². The number of likely N-dealkylation sites (N-methyl/N-ethyl adjacent to an activating group) is 1. The number of ether oxygens (including phenoxy) is 1. The second-order valence-electron chi connectivity index (χ2n) is 7.56. The minimum atomic E-state index is -0.854. The summed E-state index contributed by atoms with van der Waals surface area (Å²) in [6.07, 6.45) is 5.02. The van der Waals surface area contributed by atoms with Gasteiger partial charge in [0.15, 0.2) is 0 Å². The van der Waals surface area contributed by atoms with Crippen LogP contribution in [0, 0.1) is 5.92 Å². The highest BCUT2D eigenvalue weighted by Gasteiger charge is 2.29. The number of carbonyl (C=O) groups is 3. The van der Waals surface area contributed by atoms with Gasteiger partial charge < -0.3 is 10.1 Å². The standard InChI is InChI=1S/C18H32N2O5/c1-18(2,3)25-17(23)19-14(16(22)20(4)24-5)11-12-15(21)13-9-7-6-8-10-13/h13-14H,6-12H2,1-5H3,(H,19,23)/t14-/m0/s1. The van der Waals surface area contributed by atoms with Crippen molar-refractivity contribution < 1.29 is 24.0 Å². The predicted molar refractivity (Wildman–Crippen MR) is 93.8 cm³/mol. The molecule has 1 N–H and O–H groups in total. The lowest BCUT2D eigenvalue weighted by atomic mass is 9.84. The quantitative estimate of drug-likeness (QED) is 0.709. The first-order valence-corrected chi connectivity index (χ1v) is 8.98. The number of nitrogens with zero attached hydrogens (tertiary/aromatic N) is 1. The molecule has 0 aromatic carbocycles. The number of alkyl carbamates (subject to hydrolysis) is 1. The van der Waals surface area contributed by atoms with Gasteiger partial charge in [-0.15, -0.1) is 0 Å². The van der Waals surface area contributed by atoms with Crippen LogP contribution in [-0.2, 0) is 19.2 Å². The zero-order chi connectivity index (χ0) is 19.0. The Morgan fingerprint density at radius 1 is 1.16 bits per heavy atom. The van der Waals surface area contributed by atoms with E-state index in [-0.39, 0.29) is 24.5 Å². The first-order chi connectivity index (χ1) is 11.6. The molecule has 0 bridgehead atoms. The molecule has 7 heteroatoms. The summed E-state index contributed by atoms with van der Waals surface area (Å²) in [5.41, 5.74) is -0.664. The highest BCUT2D eigenvalue weighted by molar-refractivity contribution is 5.86. The van der Waals surface area contributed by atoms with E-state index in [0.717, 1.165) is 30.7 Å². The SMILES string of the molecule is CON(C)C(=O)[C@H](CCC(=O)C1CCCCC1)NC(=O)OC(C)(C)C. The summed E-state index contributed by atoms with van der Waals surface area (Å²) in [4.78, 5) is 41.7. The Balaban J connectivity index is 2.65. The van der Waals surface area contributed by atoms with E-state index in [1.54, 1.807) is 20.8 Å². The number of amides is 2. The average molecular weight is 356 g/mol. The lowest BCUT2D eigenvalue weighted by Gasteiger charge is -2.26. The minimum absolute atomic E-state index is 0.0891. The molecular weight excluding hydrogens is 324 g/mol. The molecule has 1 rings (SSSR count). The Hall–Kier alpha value is -1.63. The summed E-state index contributed by atoms with van der Waals surface area (Å²) in [6.45, 7) is 5.24. The van der Waals surface area contributed by atoms with Gasteiger partial charge in [-0.2, -0.15) is 0 Å². The molecule has 0 aromatic rings. The Morgan fingerprint density at radius 2 is 1.76 bits per heavy atom. The van der Waals surface area contributed by atoms with Crippen molar-refractivity contribution in [2.45, 2.75) is 77.4 Å². The fourth-order valence-corrected chi connectivity index (χ4v) is 2.93. The molecular formula is C18H32N2O5. The Kier molecular flexibility index (Phi) is 8.35. The average Bonchev–Trinajstić information content (AvgIpc) is 2.56. The van der Waals surface area contributed by atoms with Crippen molar-refractivity contribution in [2.24, 2.45) is 5.92 Å². The number of hydrogen-bond donors (Lipinski definition) is 1. The second kappa shape index (κ2) is 9.75. The van der Waals surface area contributed by atoms with Gasteiger partial charge in [-0.3, -0.25) is 14.4 Å². The third-order valence-electron chi connectivity index (χ3n) is 4.31. The predicted octanol–water partition coefficient (Wildman–Crippen LogP) is 2.83. The van der Waals surface area contributed by atoms with Crippen molar-refractivity contribution in [3.63, 3.8) is 0 Å². The van der Waals surface area contributed by atoms with Crippen molar-refractivity contribution in [1.82, 2.24) is 10.4 Å². The number of nitrogens with one attached hydrogen (secondary N) is 1. The minimum Gasteiger partial charge on any atom is -0.444 e. The molecule has 1 atom stereocenters. The first kappa shape index (κ1) is 21.4. The molecule has 2 amide bonds. The van der Waals surface area contributed by atoms with E-state index in [4.69, 9.17) is 9.57 Å². The zero-order valence-corrected chi connectivity index (χ0v) is 16.1. The van der Waals surface area contributed by atoms with Crippen LogP contribution in [0.25, 0.3) is 0 Å². The number of hydrogen-bond acceptors (Lipinski definition) is 5. The summed E-state index contributed by atoms with van der Waals surface area (Å²) in [5, 5.41) is 3.61. The van der Waals surface area contributed by atoms with Gasteiger partial charge in [-0.05, 0) is 40.0 Å². The molecule has 0 spiro atoms. The van der Waals surface area contributed by atoms with Crippen LogP contribution in [0.4, 0.5) is 4.79 Å². The van der Waals surface area contributed by atoms with Gasteiger partial charge in [0.05, 0.1) is 7.11 Å². The summed E-state index contributed by atoms with van der Waals surface area (Å²) in [7, 11) is 2.84. The third kappa shape index (κ3) is 7.86. The van der Waals surface area contributed by atoms with E-state index in [1.165, 1.54) is 20.6 Å². The molecule has 0 saturated heterocycles. The van der Waals surface area contributed by atoms with Gasteiger partial charge in [0, 0.05) is 19.4 Å². The van der Waals surface area contributed by atoms with Gasteiger partial charge in [0.25, 0.3) is 5.91 Å². The lowest BCUT2D eigenvalue weighted by Crippen LogP contribution is -2.48. The number of rotatable bonds is 7. The van der Waals surface area contributed by atoms with Gasteiger partial charge >= 0.3 is 6.09 Å². The van der Waals surface area contributed by atoms with Gasteiger partial charge in [-0.1, -0.05) is 19.3 Å². The van der Waals surface area contributed by atoms with Crippen molar-refractivity contribution >= 4 is 17.8 Å². The molecule has 1 saturated carbocycles. The topological polar surface area (TPSA) is 84.9 Å². The second-order valence-corrected chi connectivity index (χ2v) is 7.56. The maximum absolute atomic E-state index is 12.4. The Labute approximate surface area is 150 Å². The van der Waals surface area contributed by atoms with Crippen LogP contribution in [0.15, 0.2) is 0 Å². The van der Waals surface area contributed by atoms with Crippen molar-refractivity contribution in [2.75, 3.05) is 14.2 Å². The van der Waals surface area contributed by atoms with Gasteiger partial charge in [0.2, 0.25) is 0 Å². The summed E-state index contributed by atoms with van der Waals surface area (Å²) < 4.78 is 5.21. The highest BCUT2D eigenvalue weighted by atomic mass is 16.7. The molecule has 1 fully saturated rings. The van der Waals surface area contributed by atoms with E-state index >= 15 is 0 Å². The monoisotopic (exact) mass is 356 g/mol. The largest absolute Gasteiger partial charge is 0.444 e. The normalized spacial score (nSPS) is 16.8. The van der Waals surface area contributed by atoms with E-state index in [9.17, 15) is 14.4 Å². The van der Waals surface area contributed by atoms with Crippen molar-refractivity contribution in [1.29, 1.82) is 0 Å². The summed E-state index contributed by atoms with van der Waals surface area (Å²) in [6, 6.07) is -0.854. The molecule has 0 aromatic heterocycles. The molecule has 25 heavy (non-hydrogen) atoms. The van der Waals surface area contributed by atoms with Crippen LogP contribution in [0.5, 0.6) is 0 Å².